The Morgan fingerprint density at radius 1 is 1.38 bits per heavy atom. The van der Waals surface area contributed by atoms with Crippen LogP contribution in [0.4, 0.5) is 5.82 Å². The zero-order valence-corrected chi connectivity index (χ0v) is 14.6. The summed E-state index contributed by atoms with van der Waals surface area (Å²) < 4.78 is 25.3. The number of rotatable bonds is 5. The molecule has 0 aliphatic rings. The van der Waals surface area contributed by atoms with Crippen molar-refractivity contribution in [1.29, 1.82) is 0 Å². The Balaban J connectivity index is 2.24. The third-order valence-electron chi connectivity index (χ3n) is 2.65. The lowest BCUT2D eigenvalue weighted by atomic mass is 10.1. The molecule has 0 saturated heterocycles. The maximum Gasteiger partial charge on any atom is 0.225 e. The SMILES string of the molecule is Cc1cc2c(NCC(C)(C)NS(C)(=O)=O)nc(Cl)nc2s1. The molecule has 2 rings (SSSR count). The normalized spacial score (nSPS) is 12.8. The second kappa shape index (κ2) is 5.68. The highest BCUT2D eigenvalue weighted by atomic mass is 35.5. The van der Waals surface area contributed by atoms with Crippen molar-refractivity contribution in [3.63, 3.8) is 0 Å². The number of aromatic nitrogens is 2. The third kappa shape index (κ3) is 4.50. The van der Waals surface area contributed by atoms with Crippen molar-refractivity contribution in [2.45, 2.75) is 26.3 Å². The maximum absolute atomic E-state index is 11.3. The van der Waals surface area contributed by atoms with E-state index in [0.717, 1.165) is 21.3 Å². The number of nitrogens with one attached hydrogen (secondary N) is 2. The molecule has 2 aromatic heterocycles. The number of fused-ring (bicyclic) bond motifs is 1. The van der Waals surface area contributed by atoms with Gasteiger partial charge in [0.05, 0.1) is 11.6 Å². The first-order valence-corrected chi connectivity index (χ1v) is 9.31. The Hall–Kier alpha value is -0.960. The van der Waals surface area contributed by atoms with Crippen LogP contribution in [0, 0.1) is 6.92 Å². The largest absolute Gasteiger partial charge is 0.368 e. The van der Waals surface area contributed by atoms with E-state index < -0.39 is 15.6 Å². The van der Waals surface area contributed by atoms with Gasteiger partial charge in [0.1, 0.15) is 10.6 Å². The molecular weight excluding hydrogens is 332 g/mol. The molecule has 0 radical (unpaired) electrons. The van der Waals surface area contributed by atoms with Gasteiger partial charge in [-0.25, -0.2) is 23.1 Å². The molecule has 0 aliphatic heterocycles. The number of hydrogen-bond donors (Lipinski definition) is 2. The van der Waals surface area contributed by atoms with Crippen LogP contribution in [0.15, 0.2) is 6.07 Å². The van der Waals surface area contributed by atoms with E-state index in [9.17, 15) is 8.42 Å². The summed E-state index contributed by atoms with van der Waals surface area (Å²) in [5, 5.41) is 4.20. The first-order chi connectivity index (χ1) is 9.56. The van der Waals surface area contributed by atoms with Crippen LogP contribution in [-0.4, -0.2) is 36.7 Å². The number of hydrogen-bond acceptors (Lipinski definition) is 6. The fraction of sp³-hybridized carbons (Fsp3) is 0.500. The number of nitrogens with zero attached hydrogens (tertiary/aromatic N) is 2. The fourth-order valence-electron chi connectivity index (χ4n) is 1.99. The van der Waals surface area contributed by atoms with Gasteiger partial charge >= 0.3 is 0 Å². The first kappa shape index (κ1) is 16.4. The van der Waals surface area contributed by atoms with E-state index in [-0.39, 0.29) is 5.28 Å². The van der Waals surface area contributed by atoms with Crippen LogP contribution in [-0.2, 0) is 10.0 Å². The van der Waals surface area contributed by atoms with Crippen molar-refractivity contribution in [1.82, 2.24) is 14.7 Å². The number of halogens is 1. The van der Waals surface area contributed by atoms with Crippen molar-refractivity contribution >= 4 is 49.0 Å². The third-order valence-corrected chi connectivity index (χ3v) is 4.68. The molecule has 0 amide bonds. The molecule has 0 aromatic carbocycles. The lowest BCUT2D eigenvalue weighted by molar-refractivity contribution is 0.476. The van der Waals surface area contributed by atoms with Crippen LogP contribution < -0.4 is 10.0 Å². The Labute approximate surface area is 133 Å². The van der Waals surface area contributed by atoms with Crippen LogP contribution in [0.25, 0.3) is 10.2 Å². The van der Waals surface area contributed by atoms with Crippen LogP contribution in [0.3, 0.4) is 0 Å². The molecule has 9 heteroatoms. The molecule has 116 valence electrons. The van der Waals surface area contributed by atoms with E-state index >= 15 is 0 Å². The molecular formula is C12H17ClN4O2S2. The molecule has 2 heterocycles. The molecule has 6 nitrogen and oxygen atoms in total. The molecule has 0 bridgehead atoms. The monoisotopic (exact) mass is 348 g/mol. The molecule has 0 aliphatic carbocycles. The number of sulfonamides is 1. The fourth-order valence-corrected chi connectivity index (χ4v) is 4.17. The predicted octanol–water partition coefficient (Wildman–Crippen LogP) is 2.39. The lowest BCUT2D eigenvalue weighted by Gasteiger charge is -2.25. The van der Waals surface area contributed by atoms with Crippen LogP contribution in [0.2, 0.25) is 5.28 Å². The summed E-state index contributed by atoms with van der Waals surface area (Å²) in [4.78, 5) is 10.3. The Morgan fingerprint density at radius 3 is 2.67 bits per heavy atom. The van der Waals surface area contributed by atoms with Gasteiger partial charge in [-0.05, 0) is 38.4 Å². The van der Waals surface area contributed by atoms with Gasteiger partial charge in [0.15, 0.2) is 0 Å². The van der Waals surface area contributed by atoms with Crippen molar-refractivity contribution in [2.75, 3.05) is 18.1 Å². The van der Waals surface area contributed by atoms with Crippen LogP contribution >= 0.6 is 22.9 Å². The number of thiophene rings is 1. The minimum Gasteiger partial charge on any atom is -0.368 e. The van der Waals surface area contributed by atoms with E-state index in [1.807, 2.05) is 13.0 Å². The highest BCUT2D eigenvalue weighted by Gasteiger charge is 2.22. The van der Waals surface area contributed by atoms with Gasteiger partial charge in [-0.1, -0.05) is 0 Å². The highest BCUT2D eigenvalue weighted by Crippen LogP contribution is 2.29. The van der Waals surface area contributed by atoms with E-state index in [1.165, 1.54) is 11.3 Å². The lowest BCUT2D eigenvalue weighted by Crippen LogP contribution is -2.47. The topological polar surface area (TPSA) is 84.0 Å². The second-order valence-electron chi connectivity index (χ2n) is 5.53. The Morgan fingerprint density at radius 2 is 2.05 bits per heavy atom. The van der Waals surface area contributed by atoms with Gasteiger partial charge in [0.2, 0.25) is 15.3 Å². The maximum atomic E-state index is 11.3. The smallest absolute Gasteiger partial charge is 0.225 e. The molecule has 0 saturated carbocycles. The van der Waals surface area contributed by atoms with Gasteiger partial charge in [-0.3, -0.25) is 0 Å². The van der Waals surface area contributed by atoms with Crippen molar-refractivity contribution in [3.8, 4) is 0 Å². The summed E-state index contributed by atoms with van der Waals surface area (Å²) >= 11 is 7.46. The molecule has 21 heavy (non-hydrogen) atoms. The zero-order chi connectivity index (χ0) is 15.8. The van der Waals surface area contributed by atoms with Gasteiger partial charge in [0, 0.05) is 17.0 Å². The van der Waals surface area contributed by atoms with Gasteiger partial charge < -0.3 is 5.32 Å². The first-order valence-electron chi connectivity index (χ1n) is 6.22. The average molecular weight is 349 g/mol. The Kier molecular flexibility index (Phi) is 4.44. The van der Waals surface area contributed by atoms with E-state index in [2.05, 4.69) is 20.0 Å². The molecule has 0 spiro atoms. The van der Waals surface area contributed by atoms with Crippen molar-refractivity contribution in [3.05, 3.63) is 16.2 Å². The van der Waals surface area contributed by atoms with Crippen LogP contribution in [0.5, 0.6) is 0 Å². The van der Waals surface area contributed by atoms with Crippen molar-refractivity contribution in [2.24, 2.45) is 0 Å². The molecule has 0 unspecified atom stereocenters. The highest BCUT2D eigenvalue weighted by molar-refractivity contribution is 7.88. The minimum atomic E-state index is -3.28. The van der Waals surface area contributed by atoms with Crippen molar-refractivity contribution < 1.29 is 8.42 Å². The average Bonchev–Trinajstić information content (AvgIpc) is 2.62. The van der Waals surface area contributed by atoms with E-state index in [4.69, 9.17) is 11.6 Å². The molecule has 0 atom stereocenters. The summed E-state index contributed by atoms with van der Waals surface area (Å²) in [5.41, 5.74) is -0.650. The molecule has 2 N–H and O–H groups in total. The summed E-state index contributed by atoms with van der Waals surface area (Å²) in [6.07, 6.45) is 1.14. The molecule has 2 aromatic rings. The Bertz CT molecular complexity index is 771. The summed E-state index contributed by atoms with van der Waals surface area (Å²) in [7, 11) is -3.28. The minimum absolute atomic E-state index is 0.167. The number of aryl methyl sites for hydroxylation is 1. The summed E-state index contributed by atoms with van der Waals surface area (Å²) in [6.45, 7) is 5.94. The van der Waals surface area contributed by atoms with Gasteiger partial charge in [-0.2, -0.15) is 0 Å². The predicted molar refractivity (Wildman–Crippen MR) is 87.7 cm³/mol. The second-order valence-corrected chi connectivity index (χ2v) is 8.85. The van der Waals surface area contributed by atoms with Gasteiger partial charge in [-0.15, -0.1) is 11.3 Å². The van der Waals surface area contributed by atoms with Crippen LogP contribution in [0.1, 0.15) is 18.7 Å². The van der Waals surface area contributed by atoms with Gasteiger partial charge in [0.25, 0.3) is 0 Å². The molecule has 0 fully saturated rings. The van der Waals surface area contributed by atoms with E-state index in [0.29, 0.717) is 12.4 Å². The zero-order valence-electron chi connectivity index (χ0n) is 12.2. The standard InChI is InChI=1S/C12H17ClN4O2S2/c1-7-5-8-9(15-11(13)16-10(8)20-7)14-6-12(2,3)17-21(4,18)19/h5,17H,6H2,1-4H3,(H,14,15,16). The quantitative estimate of drug-likeness (QED) is 0.810. The summed E-state index contributed by atoms with van der Waals surface area (Å²) in [6, 6.07) is 1.98. The summed E-state index contributed by atoms with van der Waals surface area (Å²) in [5.74, 6) is 0.609. The number of anilines is 1. The van der Waals surface area contributed by atoms with E-state index in [1.54, 1.807) is 13.8 Å².